The van der Waals surface area contributed by atoms with Gasteiger partial charge in [-0.15, -0.1) is 11.3 Å². The van der Waals surface area contributed by atoms with Gasteiger partial charge in [0.15, 0.2) is 0 Å². The summed E-state index contributed by atoms with van der Waals surface area (Å²) in [6, 6.07) is 101. The summed E-state index contributed by atoms with van der Waals surface area (Å²) in [6.07, 6.45) is 0. The molecule has 13 rings (SSSR count). The van der Waals surface area contributed by atoms with Gasteiger partial charge in [-0.1, -0.05) is 231 Å². The van der Waals surface area contributed by atoms with E-state index in [1.165, 1.54) is 98.1 Å². The van der Waals surface area contributed by atoms with Crippen molar-refractivity contribution in [2.75, 3.05) is 4.90 Å². The standard InChI is InChI=1S/C67H45NS/c1-5-21-46(22-6-1)53-29-13-14-31-58(53)65-54(47-23-7-2-8-24-47)33-19-36-62(65)68(51-41-39-48(40-42-51)55-34-20-38-64-66(55)59-32-16-18-37-63(59)69-64)52-43-44-57-56-30-15-17-35-60(56)67(61(57)45-52,49-25-9-3-10-26-49)50-27-11-4-12-28-50/h1-45H. The molecule has 0 N–H and O–H groups in total. The quantitative estimate of drug-likeness (QED) is 0.140. The predicted octanol–water partition coefficient (Wildman–Crippen LogP) is 18.6. The normalized spacial score (nSPS) is 12.5. The van der Waals surface area contributed by atoms with Crippen molar-refractivity contribution in [1.82, 2.24) is 0 Å². The van der Waals surface area contributed by atoms with Crippen molar-refractivity contribution in [3.8, 4) is 55.6 Å². The fourth-order valence-electron chi connectivity index (χ4n) is 11.2. The third-order valence-electron chi connectivity index (χ3n) is 14.2. The van der Waals surface area contributed by atoms with Gasteiger partial charge >= 0.3 is 0 Å². The molecule has 0 radical (unpaired) electrons. The minimum atomic E-state index is -0.559. The van der Waals surface area contributed by atoms with Crippen molar-refractivity contribution in [2.24, 2.45) is 0 Å². The maximum Gasteiger partial charge on any atom is 0.0714 e. The zero-order chi connectivity index (χ0) is 45.7. The van der Waals surface area contributed by atoms with Gasteiger partial charge in [-0.2, -0.15) is 0 Å². The summed E-state index contributed by atoms with van der Waals surface area (Å²) in [5.41, 5.74) is 19.7. The molecule has 0 aliphatic heterocycles. The Kier molecular flexibility index (Phi) is 10.00. The van der Waals surface area contributed by atoms with E-state index < -0.39 is 5.41 Å². The molecule has 0 fully saturated rings. The topological polar surface area (TPSA) is 3.24 Å². The molecule has 324 valence electrons. The Hall–Kier alpha value is -8.56. The lowest BCUT2D eigenvalue weighted by Crippen LogP contribution is -2.28. The summed E-state index contributed by atoms with van der Waals surface area (Å²) in [7, 11) is 0. The lowest BCUT2D eigenvalue weighted by molar-refractivity contribution is 0.768. The average Bonchev–Trinajstić information content (AvgIpc) is 3.96. The summed E-state index contributed by atoms with van der Waals surface area (Å²) in [5, 5.41) is 2.62. The van der Waals surface area contributed by atoms with E-state index in [2.05, 4.69) is 278 Å². The van der Waals surface area contributed by atoms with E-state index in [0.717, 1.165) is 17.1 Å². The molecule has 1 heterocycles. The van der Waals surface area contributed by atoms with Gasteiger partial charge < -0.3 is 4.90 Å². The average molecular weight is 896 g/mol. The molecule has 0 atom stereocenters. The maximum absolute atomic E-state index is 2.51. The molecule has 0 unspecified atom stereocenters. The van der Waals surface area contributed by atoms with E-state index in [9.17, 15) is 0 Å². The van der Waals surface area contributed by atoms with Crippen molar-refractivity contribution < 1.29 is 0 Å². The smallest absolute Gasteiger partial charge is 0.0714 e. The van der Waals surface area contributed by atoms with Gasteiger partial charge in [0.25, 0.3) is 0 Å². The second kappa shape index (κ2) is 16.9. The summed E-state index contributed by atoms with van der Waals surface area (Å²) in [6.45, 7) is 0. The van der Waals surface area contributed by atoms with Crippen LogP contribution in [0.5, 0.6) is 0 Å². The van der Waals surface area contributed by atoms with Crippen LogP contribution in [0.4, 0.5) is 17.1 Å². The molecule has 69 heavy (non-hydrogen) atoms. The molecule has 1 aromatic heterocycles. The van der Waals surface area contributed by atoms with Crippen molar-refractivity contribution in [2.45, 2.75) is 5.41 Å². The van der Waals surface area contributed by atoms with Crippen molar-refractivity contribution in [3.63, 3.8) is 0 Å². The first kappa shape index (κ1) is 40.7. The molecular formula is C67H45NS. The van der Waals surface area contributed by atoms with Gasteiger partial charge in [0.05, 0.1) is 11.1 Å². The highest BCUT2D eigenvalue weighted by molar-refractivity contribution is 7.25. The molecule has 0 bridgehead atoms. The number of rotatable bonds is 9. The maximum atomic E-state index is 2.51. The third-order valence-corrected chi connectivity index (χ3v) is 15.3. The van der Waals surface area contributed by atoms with Gasteiger partial charge in [0.1, 0.15) is 0 Å². The predicted molar refractivity (Wildman–Crippen MR) is 293 cm³/mol. The molecule has 0 saturated carbocycles. The second-order valence-electron chi connectivity index (χ2n) is 17.9. The van der Waals surface area contributed by atoms with Crippen LogP contribution in [0.3, 0.4) is 0 Å². The highest BCUT2D eigenvalue weighted by atomic mass is 32.1. The van der Waals surface area contributed by atoms with Crippen LogP contribution >= 0.6 is 11.3 Å². The Morgan fingerprint density at radius 2 is 0.797 bits per heavy atom. The minimum absolute atomic E-state index is 0.559. The molecule has 0 amide bonds. The van der Waals surface area contributed by atoms with Crippen LogP contribution < -0.4 is 4.90 Å². The Labute approximate surface area is 407 Å². The van der Waals surface area contributed by atoms with E-state index >= 15 is 0 Å². The van der Waals surface area contributed by atoms with Crippen LogP contribution in [0.25, 0.3) is 75.8 Å². The molecular weight excluding hydrogens is 851 g/mol. The Morgan fingerprint density at radius 3 is 1.51 bits per heavy atom. The first-order valence-electron chi connectivity index (χ1n) is 23.8. The number of thiophene rings is 1. The minimum Gasteiger partial charge on any atom is -0.310 e. The number of hydrogen-bond donors (Lipinski definition) is 0. The summed E-state index contributed by atoms with van der Waals surface area (Å²) in [5.74, 6) is 0. The van der Waals surface area contributed by atoms with Gasteiger partial charge in [-0.05, 0) is 115 Å². The van der Waals surface area contributed by atoms with E-state index in [1.807, 2.05) is 11.3 Å². The first-order chi connectivity index (χ1) is 34.3. The van der Waals surface area contributed by atoms with E-state index in [-0.39, 0.29) is 0 Å². The van der Waals surface area contributed by atoms with Crippen LogP contribution in [0.15, 0.2) is 273 Å². The van der Waals surface area contributed by atoms with Crippen LogP contribution in [0.1, 0.15) is 22.3 Å². The number of nitrogens with zero attached hydrogens (tertiary/aromatic N) is 1. The molecule has 0 spiro atoms. The summed E-state index contributed by atoms with van der Waals surface area (Å²) in [4.78, 5) is 2.51. The van der Waals surface area contributed by atoms with Crippen LogP contribution in [-0.2, 0) is 5.41 Å². The monoisotopic (exact) mass is 895 g/mol. The highest BCUT2D eigenvalue weighted by Gasteiger charge is 2.46. The van der Waals surface area contributed by atoms with E-state index in [0.29, 0.717) is 0 Å². The fourth-order valence-corrected chi connectivity index (χ4v) is 12.4. The van der Waals surface area contributed by atoms with Crippen LogP contribution in [0, 0.1) is 0 Å². The largest absolute Gasteiger partial charge is 0.310 e. The summed E-state index contributed by atoms with van der Waals surface area (Å²) < 4.78 is 2.61. The van der Waals surface area contributed by atoms with Gasteiger partial charge in [-0.25, -0.2) is 0 Å². The number of benzene rings is 11. The molecule has 0 saturated heterocycles. The molecule has 12 aromatic rings. The van der Waals surface area contributed by atoms with Gasteiger partial charge in [-0.3, -0.25) is 0 Å². The molecule has 1 aliphatic rings. The van der Waals surface area contributed by atoms with Crippen LogP contribution in [-0.4, -0.2) is 0 Å². The van der Waals surface area contributed by atoms with Gasteiger partial charge in [0, 0.05) is 37.1 Å². The SMILES string of the molecule is c1ccc(-c2ccccc2-c2c(-c3ccccc3)cccc2N(c2ccc(-c3cccc4sc5ccccc5c34)cc2)c2ccc3c(c2)C(c2ccccc2)(c2ccccc2)c2ccccc2-3)cc1. The molecule has 1 nitrogen and oxygen atoms in total. The Morgan fingerprint density at radius 1 is 0.304 bits per heavy atom. The van der Waals surface area contributed by atoms with E-state index in [4.69, 9.17) is 0 Å². The van der Waals surface area contributed by atoms with E-state index in [1.54, 1.807) is 0 Å². The number of fused-ring (bicyclic) bond motifs is 6. The van der Waals surface area contributed by atoms with Crippen LogP contribution in [0.2, 0.25) is 0 Å². The summed E-state index contributed by atoms with van der Waals surface area (Å²) >= 11 is 1.86. The Balaban J connectivity index is 1.10. The first-order valence-corrected chi connectivity index (χ1v) is 24.6. The Bertz CT molecular complexity index is 3780. The third kappa shape index (κ3) is 6.67. The van der Waals surface area contributed by atoms with Crippen molar-refractivity contribution in [3.05, 3.63) is 295 Å². The fraction of sp³-hybridized carbons (Fsp3) is 0.0149. The van der Waals surface area contributed by atoms with Crippen molar-refractivity contribution in [1.29, 1.82) is 0 Å². The zero-order valence-electron chi connectivity index (χ0n) is 37.8. The highest BCUT2D eigenvalue weighted by Crippen LogP contribution is 2.58. The second-order valence-corrected chi connectivity index (χ2v) is 19.0. The van der Waals surface area contributed by atoms with Gasteiger partial charge in [0.2, 0.25) is 0 Å². The number of anilines is 3. The lowest BCUT2D eigenvalue weighted by Gasteiger charge is -2.35. The molecule has 1 aliphatic carbocycles. The molecule has 2 heteroatoms. The zero-order valence-corrected chi connectivity index (χ0v) is 38.7. The van der Waals surface area contributed by atoms with Crippen molar-refractivity contribution >= 4 is 48.6 Å². The lowest BCUT2D eigenvalue weighted by atomic mass is 9.67. The number of hydrogen-bond acceptors (Lipinski definition) is 2. The molecule has 11 aromatic carbocycles.